The predicted molar refractivity (Wildman–Crippen MR) is 223 cm³/mol. The molecule has 9 heteroatoms. The minimum Gasteiger partial charge on any atom is -0.354 e. The Balaban J connectivity index is 1.42. The van der Waals surface area contributed by atoms with Crippen molar-refractivity contribution in [1.29, 1.82) is 0 Å². The van der Waals surface area contributed by atoms with Crippen LogP contribution in [0.3, 0.4) is 0 Å². The van der Waals surface area contributed by atoms with Gasteiger partial charge in [-0.2, -0.15) is 0 Å². The summed E-state index contributed by atoms with van der Waals surface area (Å²) < 4.78 is 6.09. The minimum absolute atomic E-state index is 0.263. The van der Waals surface area contributed by atoms with Gasteiger partial charge in [-0.15, -0.1) is 0 Å². The van der Waals surface area contributed by atoms with E-state index < -0.39 is 0 Å². The van der Waals surface area contributed by atoms with E-state index in [2.05, 4.69) is 144 Å². The molecule has 56 heavy (non-hydrogen) atoms. The Bertz CT molecular complexity index is 2870. The molecule has 270 valence electrons. The molecule has 0 atom stereocenters. The first-order valence-electron chi connectivity index (χ1n) is 18.4. The average Bonchev–Trinajstić information content (AvgIpc) is 4.05. The topological polar surface area (TPSA) is 98.1 Å². The van der Waals surface area contributed by atoms with E-state index in [0.29, 0.717) is 5.69 Å². The molecule has 1 aromatic carbocycles. The lowest BCUT2D eigenvalue weighted by Crippen LogP contribution is -2.25. The molecule has 7 aromatic rings. The van der Waals surface area contributed by atoms with Crippen molar-refractivity contribution < 1.29 is 18.5 Å². The highest BCUT2D eigenvalue weighted by Gasteiger charge is 2.20. The Morgan fingerprint density at radius 2 is 0.804 bits per heavy atom. The SMILES string of the molecule is C=CC(=O)Nc1ccc(-c2c3nc(c(-c4cc[n+](C)cc4)c4ccc([nH]4)c(-c4cc[n+](C)cc4)c4nc(c(-c5cc[n+](C)cc5)c5ccc2[nH]5)C=C4)C=C3)cc1. The number of nitrogens with zero attached hydrogens (tertiary/aromatic N) is 5. The monoisotopic (exact) mass is 731 g/mol. The molecule has 9 nitrogen and oxygen atoms in total. The first-order chi connectivity index (χ1) is 27.3. The number of amides is 1. The number of carbonyl (C=O) groups excluding carboxylic acids is 1. The third-order valence-electron chi connectivity index (χ3n) is 10.2. The molecule has 9 rings (SSSR count). The van der Waals surface area contributed by atoms with Crippen LogP contribution in [0.2, 0.25) is 0 Å². The molecule has 0 fully saturated rings. The summed E-state index contributed by atoms with van der Waals surface area (Å²) in [7, 11) is 6.05. The fraction of sp³-hybridized carbons (Fsp3) is 0.0638. The van der Waals surface area contributed by atoms with E-state index >= 15 is 0 Å². The van der Waals surface area contributed by atoms with E-state index in [1.54, 1.807) is 0 Å². The Hall–Kier alpha value is -7.52. The van der Waals surface area contributed by atoms with Crippen LogP contribution in [0, 0.1) is 0 Å². The molecule has 2 aliphatic heterocycles. The fourth-order valence-electron chi connectivity index (χ4n) is 7.34. The van der Waals surface area contributed by atoms with E-state index in [1.165, 1.54) is 6.08 Å². The van der Waals surface area contributed by atoms with Crippen LogP contribution in [0.15, 0.2) is 135 Å². The van der Waals surface area contributed by atoms with Gasteiger partial charge in [0.2, 0.25) is 5.91 Å². The lowest BCUT2D eigenvalue weighted by Gasteiger charge is -2.07. The van der Waals surface area contributed by atoms with Crippen LogP contribution in [0.1, 0.15) is 22.8 Å². The number of rotatable bonds is 6. The van der Waals surface area contributed by atoms with Crippen LogP contribution in [-0.4, -0.2) is 25.8 Å². The molecular formula is C47H39N8O+3. The van der Waals surface area contributed by atoms with Crippen LogP contribution in [0.5, 0.6) is 0 Å². The maximum Gasteiger partial charge on any atom is 0.247 e. The molecule has 0 unspecified atom stereocenters. The van der Waals surface area contributed by atoms with Gasteiger partial charge in [-0.25, -0.2) is 23.7 Å². The molecule has 6 aromatic heterocycles. The van der Waals surface area contributed by atoms with Gasteiger partial charge in [0.05, 0.1) is 22.8 Å². The molecule has 0 radical (unpaired) electrons. The van der Waals surface area contributed by atoms with Gasteiger partial charge in [-0.3, -0.25) is 4.79 Å². The van der Waals surface area contributed by atoms with E-state index in [-0.39, 0.29) is 5.91 Å². The molecule has 0 aliphatic carbocycles. The summed E-state index contributed by atoms with van der Waals surface area (Å²) in [5, 5.41) is 2.86. The number of aryl methyl sites for hydroxylation is 3. The van der Waals surface area contributed by atoms with E-state index in [0.717, 1.165) is 89.4 Å². The Kier molecular flexibility index (Phi) is 8.59. The van der Waals surface area contributed by atoms with Crippen molar-refractivity contribution in [3.8, 4) is 44.5 Å². The molecule has 0 spiro atoms. The first-order valence-corrected chi connectivity index (χ1v) is 18.4. The van der Waals surface area contributed by atoms with Crippen molar-refractivity contribution in [3.05, 3.63) is 158 Å². The molecule has 1 amide bonds. The number of carbonyl (C=O) groups is 1. The summed E-state index contributed by atoms with van der Waals surface area (Å²) in [6.45, 7) is 3.59. The Morgan fingerprint density at radius 3 is 1.11 bits per heavy atom. The molecule has 0 saturated heterocycles. The Morgan fingerprint density at radius 1 is 0.500 bits per heavy atom. The number of fused-ring (bicyclic) bond motifs is 8. The number of aromatic nitrogens is 7. The summed E-state index contributed by atoms with van der Waals surface area (Å²) in [5.41, 5.74) is 15.7. The van der Waals surface area contributed by atoms with Gasteiger partial charge in [0.1, 0.15) is 21.1 Å². The van der Waals surface area contributed by atoms with Crippen molar-refractivity contribution >= 4 is 58.0 Å². The summed E-state index contributed by atoms with van der Waals surface area (Å²) in [6, 6.07) is 29.1. The molecule has 8 bridgehead atoms. The normalized spacial score (nSPS) is 11.8. The van der Waals surface area contributed by atoms with Gasteiger partial charge >= 0.3 is 0 Å². The number of H-pyrrole nitrogens is 2. The van der Waals surface area contributed by atoms with Crippen molar-refractivity contribution in [2.45, 2.75) is 0 Å². The summed E-state index contributed by atoms with van der Waals surface area (Å²) in [6.07, 6.45) is 22.0. The second-order valence-electron chi connectivity index (χ2n) is 14.0. The molecule has 2 aliphatic rings. The predicted octanol–water partition coefficient (Wildman–Crippen LogP) is 7.92. The van der Waals surface area contributed by atoms with E-state index in [1.807, 2.05) is 59.1 Å². The van der Waals surface area contributed by atoms with E-state index in [4.69, 9.17) is 9.97 Å². The summed E-state index contributed by atoms with van der Waals surface area (Å²) >= 11 is 0. The van der Waals surface area contributed by atoms with Gasteiger partial charge in [-0.05, 0) is 89.0 Å². The van der Waals surface area contributed by atoms with Crippen LogP contribution in [0.25, 0.3) is 90.9 Å². The lowest BCUT2D eigenvalue weighted by atomic mass is 10.0. The van der Waals surface area contributed by atoms with Crippen molar-refractivity contribution in [3.63, 3.8) is 0 Å². The molecule has 8 heterocycles. The Labute approximate surface area is 324 Å². The third-order valence-corrected chi connectivity index (χ3v) is 10.2. The number of hydrogen-bond donors (Lipinski definition) is 3. The van der Waals surface area contributed by atoms with Crippen LogP contribution >= 0.6 is 0 Å². The number of anilines is 1. The smallest absolute Gasteiger partial charge is 0.247 e. The first kappa shape index (κ1) is 34.3. The number of nitrogens with one attached hydrogen (secondary N) is 3. The van der Waals surface area contributed by atoms with Crippen LogP contribution < -0.4 is 19.0 Å². The standard InChI is InChI=1S/C47H37N8O/c1-5-43(56)48-34-8-6-30(7-9-34)44-35-10-12-37(49-35)45(31-18-24-53(2)25-19-31)39-14-16-41(51-39)47(33-22-28-55(4)29-23-33)42-17-15-40(52-42)46(38-13-11-36(44)50-38)32-20-26-54(3)27-21-32/h5-29H,1H2,2-4H3,(H-,48,49,50,51,52,56)/q+1/p+2. The van der Waals surface area contributed by atoms with Crippen molar-refractivity contribution in [1.82, 2.24) is 19.9 Å². The van der Waals surface area contributed by atoms with Crippen LogP contribution in [-0.2, 0) is 25.9 Å². The maximum atomic E-state index is 12.1. The summed E-state index contributed by atoms with van der Waals surface area (Å²) in [4.78, 5) is 30.5. The van der Waals surface area contributed by atoms with E-state index in [9.17, 15) is 4.79 Å². The van der Waals surface area contributed by atoms with Crippen LogP contribution in [0.4, 0.5) is 5.69 Å². The molecular weight excluding hydrogens is 693 g/mol. The largest absolute Gasteiger partial charge is 0.354 e. The highest BCUT2D eigenvalue weighted by molar-refractivity contribution is 6.01. The highest BCUT2D eigenvalue weighted by atomic mass is 16.1. The number of aromatic amines is 2. The van der Waals surface area contributed by atoms with Gasteiger partial charge in [-0.1, -0.05) is 18.7 Å². The zero-order valence-electron chi connectivity index (χ0n) is 31.3. The molecule has 3 N–H and O–H groups in total. The number of pyridine rings is 3. The van der Waals surface area contributed by atoms with Gasteiger partial charge in [0, 0.05) is 86.4 Å². The quantitative estimate of drug-likeness (QED) is 0.120. The summed E-state index contributed by atoms with van der Waals surface area (Å²) in [5.74, 6) is -0.263. The van der Waals surface area contributed by atoms with Gasteiger partial charge < -0.3 is 15.3 Å². The molecule has 0 saturated carbocycles. The van der Waals surface area contributed by atoms with Gasteiger partial charge in [0.15, 0.2) is 37.2 Å². The zero-order chi connectivity index (χ0) is 38.3. The second-order valence-corrected chi connectivity index (χ2v) is 14.0. The highest BCUT2D eigenvalue weighted by Crippen LogP contribution is 2.38. The average molecular weight is 732 g/mol. The zero-order valence-corrected chi connectivity index (χ0v) is 31.3. The lowest BCUT2D eigenvalue weighted by molar-refractivity contribution is -0.671. The van der Waals surface area contributed by atoms with Crippen molar-refractivity contribution in [2.24, 2.45) is 21.1 Å². The maximum absolute atomic E-state index is 12.1. The van der Waals surface area contributed by atoms with Crippen molar-refractivity contribution in [2.75, 3.05) is 5.32 Å². The minimum atomic E-state index is -0.263. The third kappa shape index (κ3) is 6.41. The number of benzene rings is 1. The fourth-order valence-corrected chi connectivity index (χ4v) is 7.34. The van der Waals surface area contributed by atoms with Gasteiger partial charge in [0.25, 0.3) is 0 Å². The second kappa shape index (κ2) is 14.0. The number of hydrogen-bond acceptors (Lipinski definition) is 3.